The molecule has 120 valence electrons. The summed E-state index contributed by atoms with van der Waals surface area (Å²) in [4.78, 5) is 24.4. The largest absolute Gasteiger partial charge is 0.370 e. The smallest absolute Gasteiger partial charge is 0.312 e. The molecular formula is C14H17Cl2N3O3. The molecule has 22 heavy (non-hydrogen) atoms. The van der Waals surface area contributed by atoms with E-state index in [0.717, 1.165) is 5.56 Å². The Labute approximate surface area is 138 Å². The van der Waals surface area contributed by atoms with Gasteiger partial charge in [0, 0.05) is 19.5 Å². The molecule has 1 aromatic carbocycles. The van der Waals surface area contributed by atoms with E-state index in [4.69, 9.17) is 33.7 Å². The number of morpholine rings is 1. The molecule has 8 heteroatoms. The number of rotatable bonds is 4. The zero-order valence-corrected chi connectivity index (χ0v) is 13.4. The monoisotopic (exact) mass is 345 g/mol. The number of ether oxygens (including phenoxy) is 1. The standard InChI is InChI=1S/C14H17Cl2N3O3/c15-10-2-1-9(7-11(10)16)12-8-19(5-6-22-12)13(20)3-4-18-14(17)21/h1-2,7,12H,3-6,8H2,(H3,17,18,21)/t12-/m1/s1. The molecule has 3 N–H and O–H groups in total. The zero-order valence-electron chi connectivity index (χ0n) is 11.9. The van der Waals surface area contributed by atoms with Crippen LogP contribution in [-0.4, -0.2) is 43.1 Å². The lowest BCUT2D eigenvalue weighted by Crippen LogP contribution is -2.43. The number of nitrogens with zero attached hydrogens (tertiary/aromatic N) is 1. The zero-order chi connectivity index (χ0) is 16.1. The van der Waals surface area contributed by atoms with E-state index >= 15 is 0 Å². The van der Waals surface area contributed by atoms with Gasteiger partial charge in [-0.25, -0.2) is 4.79 Å². The van der Waals surface area contributed by atoms with Crippen molar-refractivity contribution in [2.75, 3.05) is 26.2 Å². The second kappa shape index (κ2) is 7.67. The maximum atomic E-state index is 12.1. The predicted molar refractivity (Wildman–Crippen MR) is 83.9 cm³/mol. The first-order valence-electron chi connectivity index (χ1n) is 6.85. The number of hydrogen-bond donors (Lipinski definition) is 2. The number of carbonyl (C=O) groups is 2. The number of nitrogens with one attached hydrogen (secondary N) is 1. The lowest BCUT2D eigenvalue weighted by molar-refractivity contribution is -0.138. The van der Waals surface area contributed by atoms with Gasteiger partial charge in [-0.3, -0.25) is 4.79 Å². The number of benzene rings is 1. The van der Waals surface area contributed by atoms with Crippen molar-refractivity contribution in [1.82, 2.24) is 10.2 Å². The molecular weight excluding hydrogens is 329 g/mol. The van der Waals surface area contributed by atoms with Gasteiger partial charge < -0.3 is 20.7 Å². The maximum Gasteiger partial charge on any atom is 0.312 e. The highest BCUT2D eigenvalue weighted by atomic mass is 35.5. The summed E-state index contributed by atoms with van der Waals surface area (Å²) in [5.74, 6) is -0.0536. The number of primary amides is 1. The van der Waals surface area contributed by atoms with E-state index in [1.54, 1.807) is 17.0 Å². The highest BCUT2D eigenvalue weighted by molar-refractivity contribution is 6.42. The van der Waals surface area contributed by atoms with E-state index in [1.807, 2.05) is 6.07 Å². The lowest BCUT2D eigenvalue weighted by Gasteiger charge is -2.33. The fraction of sp³-hybridized carbons (Fsp3) is 0.429. The number of hydrogen-bond acceptors (Lipinski definition) is 3. The summed E-state index contributed by atoms with van der Waals surface area (Å²) in [7, 11) is 0. The van der Waals surface area contributed by atoms with E-state index in [0.29, 0.717) is 29.7 Å². The van der Waals surface area contributed by atoms with Gasteiger partial charge in [0.1, 0.15) is 6.10 Å². The van der Waals surface area contributed by atoms with Crippen LogP contribution < -0.4 is 11.1 Å². The van der Waals surface area contributed by atoms with Crippen molar-refractivity contribution in [3.8, 4) is 0 Å². The Morgan fingerprint density at radius 3 is 2.82 bits per heavy atom. The molecule has 1 saturated heterocycles. The fourth-order valence-electron chi connectivity index (χ4n) is 2.24. The van der Waals surface area contributed by atoms with Crippen LogP contribution in [-0.2, 0) is 9.53 Å². The van der Waals surface area contributed by atoms with Crippen molar-refractivity contribution < 1.29 is 14.3 Å². The Balaban J connectivity index is 1.94. The molecule has 1 aliphatic heterocycles. The summed E-state index contributed by atoms with van der Waals surface area (Å²) in [5, 5.41) is 3.33. The Hall–Kier alpha value is -1.50. The van der Waals surface area contributed by atoms with Crippen molar-refractivity contribution in [3.63, 3.8) is 0 Å². The van der Waals surface area contributed by atoms with Gasteiger partial charge >= 0.3 is 6.03 Å². The Morgan fingerprint density at radius 1 is 1.36 bits per heavy atom. The molecule has 6 nitrogen and oxygen atoms in total. The minimum absolute atomic E-state index is 0.0536. The molecule has 2 rings (SSSR count). The van der Waals surface area contributed by atoms with E-state index in [2.05, 4.69) is 5.32 Å². The van der Waals surface area contributed by atoms with Crippen molar-refractivity contribution in [1.29, 1.82) is 0 Å². The van der Waals surface area contributed by atoms with Crippen LogP contribution in [0.3, 0.4) is 0 Å². The van der Waals surface area contributed by atoms with E-state index in [9.17, 15) is 9.59 Å². The van der Waals surface area contributed by atoms with E-state index in [-0.39, 0.29) is 25.0 Å². The normalized spacial score (nSPS) is 18.1. The van der Waals surface area contributed by atoms with Crippen LogP contribution in [0.2, 0.25) is 10.0 Å². The molecule has 1 heterocycles. The molecule has 0 saturated carbocycles. The van der Waals surface area contributed by atoms with Gasteiger partial charge in [0.2, 0.25) is 5.91 Å². The highest BCUT2D eigenvalue weighted by Gasteiger charge is 2.25. The maximum absolute atomic E-state index is 12.1. The van der Waals surface area contributed by atoms with Crippen molar-refractivity contribution in [2.24, 2.45) is 5.73 Å². The molecule has 0 aliphatic carbocycles. The van der Waals surface area contributed by atoms with Crippen molar-refractivity contribution in [3.05, 3.63) is 33.8 Å². The Morgan fingerprint density at radius 2 is 2.14 bits per heavy atom. The molecule has 1 aromatic rings. The minimum Gasteiger partial charge on any atom is -0.370 e. The third-order valence-corrected chi connectivity index (χ3v) is 4.11. The Kier molecular flexibility index (Phi) is 5.88. The van der Waals surface area contributed by atoms with Gasteiger partial charge in [-0.15, -0.1) is 0 Å². The number of amides is 3. The first-order valence-corrected chi connectivity index (χ1v) is 7.60. The molecule has 1 aliphatic rings. The average molecular weight is 346 g/mol. The third kappa shape index (κ3) is 4.50. The predicted octanol–water partition coefficient (Wildman–Crippen LogP) is 1.95. The van der Waals surface area contributed by atoms with Gasteiger partial charge in [-0.1, -0.05) is 29.3 Å². The third-order valence-electron chi connectivity index (χ3n) is 3.37. The van der Waals surface area contributed by atoms with Crippen molar-refractivity contribution in [2.45, 2.75) is 12.5 Å². The molecule has 0 aromatic heterocycles. The van der Waals surface area contributed by atoms with Crippen LogP contribution in [0.4, 0.5) is 4.79 Å². The molecule has 1 atom stereocenters. The quantitative estimate of drug-likeness (QED) is 0.874. The molecule has 0 bridgehead atoms. The second-order valence-corrected chi connectivity index (χ2v) is 5.73. The molecule has 0 unspecified atom stereocenters. The van der Waals surface area contributed by atoms with Gasteiger partial charge in [-0.2, -0.15) is 0 Å². The molecule has 1 fully saturated rings. The van der Waals surface area contributed by atoms with Gasteiger partial charge in [0.15, 0.2) is 0 Å². The Bertz CT molecular complexity index is 568. The second-order valence-electron chi connectivity index (χ2n) is 4.91. The van der Waals surface area contributed by atoms with Crippen LogP contribution in [0.15, 0.2) is 18.2 Å². The van der Waals surface area contributed by atoms with Crippen molar-refractivity contribution >= 4 is 35.1 Å². The van der Waals surface area contributed by atoms with Gasteiger partial charge in [0.05, 0.1) is 23.2 Å². The number of carbonyl (C=O) groups excluding carboxylic acids is 2. The lowest BCUT2D eigenvalue weighted by atomic mass is 10.1. The SMILES string of the molecule is NC(=O)NCCC(=O)N1CCO[C@@H](c2ccc(Cl)c(Cl)c2)C1. The summed E-state index contributed by atoms with van der Waals surface area (Å²) in [6, 6.07) is 4.65. The van der Waals surface area contributed by atoms with Gasteiger partial charge in [0.25, 0.3) is 0 Å². The number of halogens is 2. The number of urea groups is 1. The molecule has 3 amide bonds. The summed E-state index contributed by atoms with van der Waals surface area (Å²) < 4.78 is 5.70. The van der Waals surface area contributed by atoms with Crippen LogP contribution in [0.25, 0.3) is 0 Å². The van der Waals surface area contributed by atoms with Crippen LogP contribution in [0, 0.1) is 0 Å². The minimum atomic E-state index is -0.636. The fourth-order valence-corrected chi connectivity index (χ4v) is 2.55. The summed E-state index contributed by atoms with van der Waals surface area (Å²) >= 11 is 11.9. The van der Waals surface area contributed by atoms with Crippen LogP contribution in [0.1, 0.15) is 18.1 Å². The van der Waals surface area contributed by atoms with Crippen LogP contribution in [0.5, 0.6) is 0 Å². The number of nitrogens with two attached hydrogens (primary N) is 1. The first kappa shape index (κ1) is 16.9. The highest BCUT2D eigenvalue weighted by Crippen LogP contribution is 2.29. The van der Waals surface area contributed by atoms with Crippen LogP contribution >= 0.6 is 23.2 Å². The topological polar surface area (TPSA) is 84.7 Å². The van der Waals surface area contributed by atoms with Gasteiger partial charge in [-0.05, 0) is 17.7 Å². The average Bonchev–Trinajstić information content (AvgIpc) is 2.49. The summed E-state index contributed by atoms with van der Waals surface area (Å²) in [6.45, 7) is 1.63. The first-order chi connectivity index (χ1) is 10.5. The van der Waals surface area contributed by atoms with E-state index < -0.39 is 6.03 Å². The molecule has 0 spiro atoms. The summed E-state index contributed by atoms with van der Waals surface area (Å²) in [5.41, 5.74) is 5.84. The molecule has 0 radical (unpaired) electrons. The van der Waals surface area contributed by atoms with E-state index in [1.165, 1.54) is 0 Å². The summed E-state index contributed by atoms with van der Waals surface area (Å²) in [6.07, 6.45) is -0.0339.